The third-order valence-corrected chi connectivity index (χ3v) is 4.56. The maximum Gasteiger partial charge on any atom is 0.494 e. The number of hydrogen-bond donors (Lipinski definition) is 0. The maximum atomic E-state index is 10.8. The average molecular weight is 375 g/mol. The first-order chi connectivity index (χ1) is 8.64. The summed E-state index contributed by atoms with van der Waals surface area (Å²) >= 11 is 1.95. The predicted octanol–water partition coefficient (Wildman–Crippen LogP) is 2.50. The minimum atomic E-state index is -0.487. The smallest absolute Gasteiger partial charge is 0.399 e. The monoisotopic (exact) mass is 375 g/mol. The lowest BCUT2D eigenvalue weighted by Crippen LogP contribution is -2.41. The van der Waals surface area contributed by atoms with E-state index in [2.05, 4.69) is 0 Å². The van der Waals surface area contributed by atoms with E-state index in [1.54, 1.807) is 12.1 Å². The Kier molecular flexibility index (Phi) is 3.65. The molecule has 1 saturated heterocycles. The van der Waals surface area contributed by atoms with Crippen molar-refractivity contribution in [1.82, 2.24) is 0 Å². The second kappa shape index (κ2) is 4.71. The van der Waals surface area contributed by atoms with Crippen molar-refractivity contribution in [2.24, 2.45) is 0 Å². The van der Waals surface area contributed by atoms with Gasteiger partial charge in [-0.3, -0.25) is 10.1 Å². The molecule has 5 nitrogen and oxygen atoms in total. The van der Waals surface area contributed by atoms with Crippen molar-refractivity contribution < 1.29 is 14.2 Å². The molecule has 1 aliphatic rings. The van der Waals surface area contributed by atoms with Gasteiger partial charge >= 0.3 is 7.12 Å². The molecule has 1 aliphatic heterocycles. The quantitative estimate of drug-likeness (QED) is 0.345. The predicted molar refractivity (Wildman–Crippen MR) is 81.5 cm³/mol. The highest BCUT2D eigenvalue weighted by Gasteiger charge is 2.51. The number of benzene rings is 1. The largest absolute Gasteiger partial charge is 0.494 e. The van der Waals surface area contributed by atoms with Crippen LogP contribution >= 0.6 is 22.6 Å². The van der Waals surface area contributed by atoms with Crippen molar-refractivity contribution in [3.8, 4) is 0 Å². The molecule has 19 heavy (non-hydrogen) atoms. The fourth-order valence-corrected chi connectivity index (χ4v) is 2.53. The molecular formula is C12H15BINO4. The number of nitrogens with zero attached hydrogens (tertiary/aromatic N) is 1. The highest BCUT2D eigenvalue weighted by atomic mass is 127. The molecular weight excluding hydrogens is 360 g/mol. The summed E-state index contributed by atoms with van der Waals surface area (Å²) in [5.41, 5.74) is 0.0740. The second-order valence-electron chi connectivity index (χ2n) is 5.56. The summed E-state index contributed by atoms with van der Waals surface area (Å²) in [6.07, 6.45) is 0. The summed E-state index contributed by atoms with van der Waals surface area (Å²) in [6.45, 7) is 7.90. The molecule has 0 saturated carbocycles. The number of nitro groups is 1. The molecule has 1 heterocycles. The van der Waals surface area contributed by atoms with E-state index in [1.165, 1.54) is 6.07 Å². The average Bonchev–Trinajstić information content (AvgIpc) is 2.47. The third kappa shape index (κ3) is 2.63. The summed E-state index contributed by atoms with van der Waals surface area (Å²) in [6, 6.07) is 4.91. The lowest BCUT2D eigenvalue weighted by molar-refractivity contribution is -0.385. The van der Waals surface area contributed by atoms with E-state index in [4.69, 9.17) is 9.31 Å². The standard InChI is InChI=1S/C12H15BINO4/c1-11(2)12(3,4)19-13(18-11)8-5-6-10(15(16)17)9(14)7-8/h5-7H,1-4H3. The Labute approximate surface area is 126 Å². The van der Waals surface area contributed by atoms with Gasteiger partial charge in [-0.05, 0) is 61.8 Å². The van der Waals surface area contributed by atoms with Gasteiger partial charge < -0.3 is 9.31 Å². The van der Waals surface area contributed by atoms with E-state index >= 15 is 0 Å². The fourth-order valence-electron chi connectivity index (χ4n) is 1.80. The van der Waals surface area contributed by atoms with Crippen LogP contribution in [0.5, 0.6) is 0 Å². The highest BCUT2D eigenvalue weighted by molar-refractivity contribution is 14.1. The number of hydrogen-bond acceptors (Lipinski definition) is 4. The molecule has 0 bridgehead atoms. The van der Waals surface area contributed by atoms with Crippen LogP contribution in [0.1, 0.15) is 27.7 Å². The van der Waals surface area contributed by atoms with Gasteiger partial charge in [0.2, 0.25) is 0 Å². The Morgan fingerprint density at radius 3 is 2.16 bits per heavy atom. The Morgan fingerprint density at radius 1 is 1.21 bits per heavy atom. The highest BCUT2D eigenvalue weighted by Crippen LogP contribution is 2.36. The zero-order chi connectivity index (χ0) is 14.4. The van der Waals surface area contributed by atoms with Crippen LogP contribution in [0.3, 0.4) is 0 Å². The zero-order valence-corrected chi connectivity index (χ0v) is 13.4. The van der Waals surface area contributed by atoms with Crippen molar-refractivity contribution in [3.05, 3.63) is 31.9 Å². The summed E-state index contributed by atoms with van der Waals surface area (Å²) in [4.78, 5) is 10.4. The van der Waals surface area contributed by atoms with Gasteiger partial charge in [0, 0.05) is 6.07 Å². The molecule has 0 N–H and O–H groups in total. The lowest BCUT2D eigenvalue weighted by atomic mass is 9.79. The Morgan fingerprint density at radius 2 is 1.74 bits per heavy atom. The molecule has 7 heteroatoms. The fraction of sp³-hybridized carbons (Fsp3) is 0.500. The SMILES string of the molecule is CC1(C)OB(c2ccc([N+](=O)[O-])c(I)c2)OC1(C)C. The first-order valence-corrected chi connectivity index (χ1v) is 7.01. The van der Waals surface area contributed by atoms with Crippen LogP contribution in [-0.4, -0.2) is 23.2 Å². The van der Waals surface area contributed by atoms with Crippen LogP contribution < -0.4 is 5.46 Å². The Hall–Kier alpha value is -0.665. The van der Waals surface area contributed by atoms with Gasteiger partial charge in [-0.25, -0.2) is 0 Å². The van der Waals surface area contributed by atoms with Crippen LogP contribution in [0.15, 0.2) is 18.2 Å². The molecule has 2 rings (SSSR count). The molecule has 0 atom stereocenters. The summed E-state index contributed by atoms with van der Waals surface area (Å²) < 4.78 is 12.4. The van der Waals surface area contributed by atoms with E-state index < -0.39 is 23.2 Å². The summed E-state index contributed by atoms with van der Waals surface area (Å²) in [7, 11) is -0.487. The van der Waals surface area contributed by atoms with Gasteiger partial charge in [0.05, 0.1) is 19.7 Å². The van der Waals surface area contributed by atoms with Crippen LogP contribution in [0, 0.1) is 13.7 Å². The van der Waals surface area contributed by atoms with Gasteiger partial charge in [0.25, 0.3) is 5.69 Å². The van der Waals surface area contributed by atoms with E-state index in [-0.39, 0.29) is 5.69 Å². The van der Waals surface area contributed by atoms with Crippen LogP contribution in [0.4, 0.5) is 5.69 Å². The van der Waals surface area contributed by atoms with Crippen molar-refractivity contribution in [2.45, 2.75) is 38.9 Å². The first-order valence-electron chi connectivity index (χ1n) is 5.93. The van der Waals surface area contributed by atoms with E-state index in [1.807, 2.05) is 50.3 Å². The Bertz CT molecular complexity index is 516. The third-order valence-electron chi connectivity index (χ3n) is 3.69. The van der Waals surface area contributed by atoms with E-state index in [0.29, 0.717) is 3.57 Å². The molecule has 1 aromatic carbocycles. The van der Waals surface area contributed by atoms with Gasteiger partial charge in [-0.2, -0.15) is 0 Å². The van der Waals surface area contributed by atoms with E-state index in [0.717, 1.165) is 5.46 Å². The molecule has 0 aliphatic carbocycles. The zero-order valence-electron chi connectivity index (χ0n) is 11.3. The summed E-state index contributed by atoms with van der Waals surface area (Å²) in [5, 5.41) is 10.8. The number of rotatable bonds is 2. The van der Waals surface area contributed by atoms with Crippen LogP contribution in [0.2, 0.25) is 0 Å². The maximum absolute atomic E-state index is 10.8. The number of nitro benzene ring substituents is 1. The molecule has 1 fully saturated rings. The molecule has 0 amide bonds. The van der Waals surface area contributed by atoms with Gasteiger partial charge in [0.15, 0.2) is 0 Å². The van der Waals surface area contributed by atoms with Crippen molar-refractivity contribution >= 4 is 40.9 Å². The molecule has 0 radical (unpaired) electrons. The molecule has 0 unspecified atom stereocenters. The van der Waals surface area contributed by atoms with Crippen molar-refractivity contribution in [2.75, 3.05) is 0 Å². The molecule has 0 spiro atoms. The molecule has 102 valence electrons. The van der Waals surface area contributed by atoms with Crippen LogP contribution in [0.25, 0.3) is 0 Å². The molecule has 0 aromatic heterocycles. The number of halogens is 1. The minimum Gasteiger partial charge on any atom is -0.399 e. The van der Waals surface area contributed by atoms with E-state index in [9.17, 15) is 10.1 Å². The van der Waals surface area contributed by atoms with Crippen molar-refractivity contribution in [3.63, 3.8) is 0 Å². The first kappa shape index (κ1) is 14.7. The van der Waals surface area contributed by atoms with Gasteiger partial charge in [-0.1, -0.05) is 6.07 Å². The minimum absolute atomic E-state index is 0.0980. The summed E-state index contributed by atoms with van der Waals surface area (Å²) in [5.74, 6) is 0. The lowest BCUT2D eigenvalue weighted by Gasteiger charge is -2.32. The molecule has 1 aromatic rings. The Balaban J connectivity index is 2.31. The van der Waals surface area contributed by atoms with Gasteiger partial charge in [-0.15, -0.1) is 0 Å². The van der Waals surface area contributed by atoms with Gasteiger partial charge in [0.1, 0.15) is 0 Å². The normalized spacial score (nSPS) is 20.6. The van der Waals surface area contributed by atoms with Crippen LogP contribution in [-0.2, 0) is 9.31 Å². The van der Waals surface area contributed by atoms with Crippen molar-refractivity contribution in [1.29, 1.82) is 0 Å². The second-order valence-corrected chi connectivity index (χ2v) is 6.72. The topological polar surface area (TPSA) is 61.6 Å².